The van der Waals surface area contributed by atoms with Crippen LogP contribution in [0.2, 0.25) is 5.02 Å². The third-order valence-corrected chi connectivity index (χ3v) is 4.46. The Hall–Kier alpha value is -1.82. The van der Waals surface area contributed by atoms with E-state index in [9.17, 15) is 14.0 Å². The summed E-state index contributed by atoms with van der Waals surface area (Å²) in [6.45, 7) is 0.270. The van der Waals surface area contributed by atoms with Crippen LogP contribution in [-0.2, 0) is 11.3 Å². The number of carbonyl (C=O) groups excluding carboxylic acids is 2. The number of nitrogens with two attached hydrogens (primary N) is 1. The molecule has 0 aromatic heterocycles. The topological polar surface area (TPSA) is 75.4 Å². The second-order valence-electron chi connectivity index (χ2n) is 6.02. The fraction of sp³-hybridized carbons (Fsp3) is 0.500. The monoisotopic (exact) mass is 341 g/mol. The largest absolute Gasteiger partial charge is 0.369 e. The van der Waals surface area contributed by atoms with Gasteiger partial charge in [0.25, 0.3) is 0 Å². The molecule has 1 aliphatic carbocycles. The highest BCUT2D eigenvalue weighted by Crippen LogP contribution is 2.24. The summed E-state index contributed by atoms with van der Waals surface area (Å²) in [7, 11) is 1.64. The normalized spacial score (nSPS) is 20.8. The van der Waals surface area contributed by atoms with Gasteiger partial charge in [0.15, 0.2) is 0 Å². The van der Waals surface area contributed by atoms with Gasteiger partial charge in [-0.1, -0.05) is 24.1 Å². The number of amides is 3. The van der Waals surface area contributed by atoms with Crippen molar-refractivity contribution in [3.63, 3.8) is 0 Å². The van der Waals surface area contributed by atoms with Gasteiger partial charge in [-0.05, 0) is 37.0 Å². The Balaban J connectivity index is 1.89. The standard InChI is InChI=1S/C16H21ClFN3O2/c1-21(9-10-5-6-13(17)14(18)7-10)16(23)20-12-4-2-3-11(8-12)15(19)22/h5-7,11-12H,2-4,8-9H2,1H3,(H2,19,22)(H,20,23)/t11-,12+/m1/s1. The number of hydrogen-bond donors (Lipinski definition) is 2. The molecule has 1 aromatic rings. The summed E-state index contributed by atoms with van der Waals surface area (Å²) in [5, 5.41) is 2.97. The highest BCUT2D eigenvalue weighted by Gasteiger charge is 2.27. The maximum absolute atomic E-state index is 13.4. The molecule has 0 bridgehead atoms. The summed E-state index contributed by atoms with van der Waals surface area (Å²) in [6.07, 6.45) is 3.05. The van der Waals surface area contributed by atoms with Crippen LogP contribution >= 0.6 is 11.6 Å². The predicted molar refractivity (Wildman–Crippen MR) is 86.3 cm³/mol. The molecule has 2 atom stereocenters. The lowest BCUT2D eigenvalue weighted by Crippen LogP contribution is -2.46. The second kappa shape index (κ2) is 7.64. The number of hydrogen-bond acceptors (Lipinski definition) is 2. The van der Waals surface area contributed by atoms with Crippen LogP contribution in [0.15, 0.2) is 18.2 Å². The quantitative estimate of drug-likeness (QED) is 0.883. The maximum Gasteiger partial charge on any atom is 0.317 e. The zero-order valence-corrected chi connectivity index (χ0v) is 13.8. The number of nitrogens with zero attached hydrogens (tertiary/aromatic N) is 1. The van der Waals surface area contributed by atoms with Crippen molar-refractivity contribution in [1.29, 1.82) is 0 Å². The molecule has 0 spiro atoms. The van der Waals surface area contributed by atoms with E-state index in [1.54, 1.807) is 13.1 Å². The predicted octanol–water partition coefficient (Wildman–Crippen LogP) is 2.66. The molecule has 3 N–H and O–H groups in total. The molecule has 0 aliphatic heterocycles. The van der Waals surface area contributed by atoms with Crippen LogP contribution in [0.25, 0.3) is 0 Å². The summed E-state index contributed by atoms with van der Waals surface area (Å²) >= 11 is 5.64. The van der Waals surface area contributed by atoms with Crippen LogP contribution in [0.4, 0.5) is 9.18 Å². The average molecular weight is 342 g/mol. The second-order valence-corrected chi connectivity index (χ2v) is 6.42. The van der Waals surface area contributed by atoms with E-state index in [4.69, 9.17) is 17.3 Å². The van der Waals surface area contributed by atoms with Crippen molar-refractivity contribution in [2.75, 3.05) is 7.05 Å². The van der Waals surface area contributed by atoms with Crippen LogP contribution in [0.3, 0.4) is 0 Å². The number of halogens is 2. The molecule has 1 saturated carbocycles. The molecule has 23 heavy (non-hydrogen) atoms. The number of primary amides is 1. The van der Waals surface area contributed by atoms with E-state index < -0.39 is 5.82 Å². The third-order valence-electron chi connectivity index (χ3n) is 4.15. The summed E-state index contributed by atoms with van der Waals surface area (Å²) in [6, 6.07) is 4.15. The van der Waals surface area contributed by atoms with E-state index in [-0.39, 0.29) is 35.5 Å². The third kappa shape index (κ3) is 4.82. The van der Waals surface area contributed by atoms with Crippen LogP contribution < -0.4 is 11.1 Å². The average Bonchev–Trinajstić information content (AvgIpc) is 2.51. The van der Waals surface area contributed by atoms with Gasteiger partial charge >= 0.3 is 6.03 Å². The Labute approximate surface area is 140 Å². The molecule has 5 nitrogen and oxygen atoms in total. The summed E-state index contributed by atoms with van der Waals surface area (Å²) < 4.78 is 13.4. The molecule has 7 heteroatoms. The Bertz CT molecular complexity index is 597. The van der Waals surface area contributed by atoms with Gasteiger partial charge in [0.1, 0.15) is 5.82 Å². The van der Waals surface area contributed by atoms with E-state index in [1.165, 1.54) is 17.0 Å². The highest BCUT2D eigenvalue weighted by atomic mass is 35.5. The number of urea groups is 1. The van der Waals surface area contributed by atoms with Gasteiger partial charge in [-0.2, -0.15) is 0 Å². The first-order valence-corrected chi connectivity index (χ1v) is 7.99. The van der Waals surface area contributed by atoms with Gasteiger partial charge in [0, 0.05) is 25.6 Å². The van der Waals surface area contributed by atoms with E-state index in [2.05, 4.69) is 5.32 Å². The van der Waals surface area contributed by atoms with Crippen molar-refractivity contribution in [3.8, 4) is 0 Å². The highest BCUT2D eigenvalue weighted by molar-refractivity contribution is 6.30. The minimum Gasteiger partial charge on any atom is -0.369 e. The van der Waals surface area contributed by atoms with E-state index in [0.717, 1.165) is 19.3 Å². The molecule has 0 heterocycles. The molecule has 1 aliphatic rings. The fourth-order valence-electron chi connectivity index (χ4n) is 2.85. The van der Waals surface area contributed by atoms with Crippen LogP contribution in [0, 0.1) is 11.7 Å². The summed E-state index contributed by atoms with van der Waals surface area (Å²) in [5.41, 5.74) is 6.00. The lowest BCUT2D eigenvalue weighted by atomic mass is 9.85. The van der Waals surface area contributed by atoms with Crippen molar-refractivity contribution >= 4 is 23.5 Å². The fourth-order valence-corrected chi connectivity index (χ4v) is 2.97. The molecule has 1 fully saturated rings. The smallest absolute Gasteiger partial charge is 0.317 e. The van der Waals surface area contributed by atoms with Crippen molar-refractivity contribution in [2.24, 2.45) is 11.7 Å². The minimum absolute atomic E-state index is 0.0561. The van der Waals surface area contributed by atoms with Crippen molar-refractivity contribution in [3.05, 3.63) is 34.6 Å². The molecule has 126 valence electrons. The Kier molecular flexibility index (Phi) is 5.82. The Morgan fingerprint density at radius 2 is 2.17 bits per heavy atom. The van der Waals surface area contributed by atoms with Crippen molar-refractivity contribution < 1.29 is 14.0 Å². The number of carbonyl (C=O) groups is 2. The van der Waals surface area contributed by atoms with E-state index >= 15 is 0 Å². The molecule has 0 radical (unpaired) electrons. The minimum atomic E-state index is -0.505. The van der Waals surface area contributed by atoms with Crippen molar-refractivity contribution in [2.45, 2.75) is 38.3 Å². The van der Waals surface area contributed by atoms with Gasteiger partial charge in [-0.3, -0.25) is 4.79 Å². The van der Waals surface area contributed by atoms with Gasteiger partial charge in [0.2, 0.25) is 5.91 Å². The Morgan fingerprint density at radius 1 is 1.43 bits per heavy atom. The zero-order valence-electron chi connectivity index (χ0n) is 13.0. The number of benzene rings is 1. The summed E-state index contributed by atoms with van der Waals surface area (Å²) in [4.78, 5) is 25.0. The molecule has 1 aromatic carbocycles. The lowest BCUT2D eigenvalue weighted by Gasteiger charge is -2.29. The van der Waals surface area contributed by atoms with Crippen LogP contribution in [0.1, 0.15) is 31.2 Å². The van der Waals surface area contributed by atoms with Gasteiger partial charge in [-0.25, -0.2) is 9.18 Å². The van der Waals surface area contributed by atoms with E-state index in [0.29, 0.717) is 12.0 Å². The number of rotatable bonds is 4. The van der Waals surface area contributed by atoms with Gasteiger partial charge in [-0.15, -0.1) is 0 Å². The Morgan fingerprint density at radius 3 is 2.83 bits per heavy atom. The van der Waals surface area contributed by atoms with Crippen LogP contribution in [-0.4, -0.2) is 29.9 Å². The molecule has 2 rings (SSSR count). The summed E-state index contributed by atoms with van der Waals surface area (Å²) in [5.74, 6) is -0.992. The van der Waals surface area contributed by atoms with Gasteiger partial charge < -0.3 is 16.0 Å². The first-order chi connectivity index (χ1) is 10.9. The van der Waals surface area contributed by atoms with E-state index in [1.807, 2.05) is 0 Å². The molecular weight excluding hydrogens is 321 g/mol. The number of nitrogens with one attached hydrogen (secondary N) is 1. The first-order valence-electron chi connectivity index (χ1n) is 7.61. The molecule has 0 saturated heterocycles. The molecule has 3 amide bonds. The zero-order chi connectivity index (χ0) is 17.0. The SMILES string of the molecule is CN(Cc1ccc(Cl)c(F)c1)C(=O)N[C@H]1CCC[C@@H](C(N)=O)C1. The lowest BCUT2D eigenvalue weighted by molar-refractivity contribution is -0.122. The molecule has 0 unspecified atom stereocenters. The van der Waals surface area contributed by atoms with Crippen molar-refractivity contribution in [1.82, 2.24) is 10.2 Å². The maximum atomic E-state index is 13.4. The molecular formula is C16H21ClFN3O2. The van der Waals surface area contributed by atoms with Gasteiger partial charge in [0.05, 0.1) is 5.02 Å². The first kappa shape index (κ1) is 17.5. The van der Waals surface area contributed by atoms with Crippen LogP contribution in [0.5, 0.6) is 0 Å².